The van der Waals surface area contributed by atoms with Crippen LogP contribution in [0.5, 0.6) is 0 Å². The number of carbonyl (C=O) groups is 1. The molecule has 1 aromatic heterocycles. The van der Waals surface area contributed by atoms with E-state index in [-0.39, 0.29) is 5.78 Å². The zero-order valence-electron chi connectivity index (χ0n) is 9.10. The fourth-order valence-electron chi connectivity index (χ4n) is 1.52. The maximum atomic E-state index is 11.7. The smallest absolute Gasteiger partial charge is 0.184 e. The van der Waals surface area contributed by atoms with Crippen LogP contribution in [0.25, 0.3) is 0 Å². The molecule has 2 heterocycles. The van der Waals surface area contributed by atoms with Crippen LogP contribution in [-0.2, 0) is 0 Å². The number of hydrogen-bond donors (Lipinski definition) is 1. The van der Waals surface area contributed by atoms with Crippen molar-refractivity contribution in [3.05, 3.63) is 11.9 Å². The first-order valence-corrected chi connectivity index (χ1v) is 5.32. The lowest BCUT2D eigenvalue weighted by molar-refractivity contribution is 0.0963. The van der Waals surface area contributed by atoms with E-state index in [0.29, 0.717) is 24.1 Å². The summed E-state index contributed by atoms with van der Waals surface area (Å²) in [7, 11) is 0. The van der Waals surface area contributed by atoms with E-state index in [1.54, 1.807) is 10.9 Å². The zero-order chi connectivity index (χ0) is 10.8. The van der Waals surface area contributed by atoms with Crippen molar-refractivity contribution in [3.8, 4) is 0 Å². The third-order valence-electron chi connectivity index (χ3n) is 2.52. The minimum atomic E-state index is 0.0866. The topological polar surface area (TPSA) is 59.8 Å². The molecule has 0 atom stereocenters. The van der Waals surface area contributed by atoms with Gasteiger partial charge in [0.05, 0.1) is 12.2 Å². The molecule has 0 amide bonds. The third-order valence-corrected chi connectivity index (χ3v) is 2.52. The first-order chi connectivity index (χ1) is 7.16. The minimum absolute atomic E-state index is 0.0866. The van der Waals surface area contributed by atoms with Gasteiger partial charge in [-0.05, 0) is 5.92 Å². The minimum Gasteiger partial charge on any atom is -0.312 e. The van der Waals surface area contributed by atoms with Gasteiger partial charge in [-0.25, -0.2) is 4.68 Å². The van der Waals surface area contributed by atoms with Crippen LogP contribution in [0.15, 0.2) is 6.20 Å². The van der Waals surface area contributed by atoms with Crippen LogP contribution in [0, 0.1) is 5.92 Å². The van der Waals surface area contributed by atoms with Crippen LogP contribution in [-0.4, -0.2) is 33.9 Å². The monoisotopic (exact) mass is 208 g/mol. The van der Waals surface area contributed by atoms with Crippen LogP contribution in [0.2, 0.25) is 0 Å². The van der Waals surface area contributed by atoms with E-state index in [4.69, 9.17) is 0 Å². The Labute approximate surface area is 88.9 Å². The number of nitrogens with zero attached hydrogens (tertiary/aromatic N) is 3. The molecule has 1 N–H and O–H groups in total. The lowest BCUT2D eigenvalue weighted by atomic mass is 10.1. The molecule has 2 rings (SSSR count). The molecule has 0 aromatic carbocycles. The summed E-state index contributed by atoms with van der Waals surface area (Å²) in [6, 6.07) is 0.373. The van der Waals surface area contributed by atoms with Crippen molar-refractivity contribution < 1.29 is 4.79 Å². The Balaban J connectivity index is 2.02. The van der Waals surface area contributed by atoms with Crippen LogP contribution in [0.1, 0.15) is 36.8 Å². The summed E-state index contributed by atoms with van der Waals surface area (Å²) in [5, 5.41) is 11.0. The van der Waals surface area contributed by atoms with Gasteiger partial charge in [0, 0.05) is 19.5 Å². The Kier molecular flexibility index (Phi) is 2.81. The molecule has 5 heteroatoms. The fraction of sp³-hybridized carbons (Fsp3) is 0.700. The molecule has 1 aliphatic rings. The molecule has 0 unspecified atom stereocenters. The zero-order valence-corrected chi connectivity index (χ0v) is 9.10. The van der Waals surface area contributed by atoms with Crippen molar-refractivity contribution in [1.82, 2.24) is 20.3 Å². The standard InChI is InChI=1S/C10H16N4O/c1-7(2)3-10(15)9-6-14(13-12-9)8-4-11-5-8/h6-8,11H,3-5H2,1-2H3. The highest BCUT2D eigenvalue weighted by Gasteiger charge is 2.21. The van der Waals surface area contributed by atoms with E-state index in [2.05, 4.69) is 15.6 Å². The molecule has 0 spiro atoms. The average molecular weight is 208 g/mol. The van der Waals surface area contributed by atoms with E-state index in [0.717, 1.165) is 13.1 Å². The summed E-state index contributed by atoms with van der Waals surface area (Å²) in [6.07, 6.45) is 2.30. The van der Waals surface area contributed by atoms with Gasteiger partial charge >= 0.3 is 0 Å². The van der Waals surface area contributed by atoms with Crippen molar-refractivity contribution in [1.29, 1.82) is 0 Å². The van der Waals surface area contributed by atoms with E-state index in [1.165, 1.54) is 0 Å². The SMILES string of the molecule is CC(C)CC(=O)c1cn(C2CNC2)nn1. The highest BCUT2D eigenvalue weighted by atomic mass is 16.1. The van der Waals surface area contributed by atoms with Gasteiger partial charge in [-0.15, -0.1) is 5.10 Å². The Morgan fingerprint density at radius 3 is 2.93 bits per heavy atom. The summed E-state index contributed by atoms with van der Waals surface area (Å²) in [5.74, 6) is 0.455. The predicted octanol–water partition coefficient (Wildman–Crippen LogP) is 0.651. The fourth-order valence-corrected chi connectivity index (χ4v) is 1.52. The summed E-state index contributed by atoms with van der Waals surface area (Å²) < 4.78 is 1.78. The number of ketones is 1. The van der Waals surface area contributed by atoms with Crippen molar-refractivity contribution in [2.75, 3.05) is 13.1 Å². The van der Waals surface area contributed by atoms with Crippen molar-refractivity contribution in [2.24, 2.45) is 5.92 Å². The second kappa shape index (κ2) is 4.10. The van der Waals surface area contributed by atoms with Crippen molar-refractivity contribution in [2.45, 2.75) is 26.3 Å². The lowest BCUT2D eigenvalue weighted by Crippen LogP contribution is -2.43. The second-order valence-electron chi connectivity index (χ2n) is 4.42. The maximum Gasteiger partial charge on any atom is 0.184 e. The summed E-state index contributed by atoms with van der Waals surface area (Å²) >= 11 is 0. The molecule has 1 aliphatic heterocycles. The van der Waals surface area contributed by atoms with Gasteiger partial charge in [0.25, 0.3) is 0 Å². The van der Waals surface area contributed by atoms with E-state index < -0.39 is 0 Å². The molecule has 0 saturated carbocycles. The Morgan fingerprint density at radius 2 is 2.40 bits per heavy atom. The van der Waals surface area contributed by atoms with E-state index >= 15 is 0 Å². The predicted molar refractivity (Wildman–Crippen MR) is 55.7 cm³/mol. The van der Waals surface area contributed by atoms with Gasteiger partial charge in [-0.1, -0.05) is 19.1 Å². The summed E-state index contributed by atoms with van der Waals surface area (Å²) in [4.78, 5) is 11.7. The Hall–Kier alpha value is -1.23. The normalized spacial score (nSPS) is 16.7. The Morgan fingerprint density at radius 1 is 1.67 bits per heavy atom. The van der Waals surface area contributed by atoms with Gasteiger partial charge in [0.1, 0.15) is 5.69 Å². The quantitative estimate of drug-likeness (QED) is 0.738. The molecule has 0 radical (unpaired) electrons. The van der Waals surface area contributed by atoms with Gasteiger partial charge in [0.15, 0.2) is 5.78 Å². The van der Waals surface area contributed by atoms with Crippen molar-refractivity contribution >= 4 is 5.78 Å². The highest BCUT2D eigenvalue weighted by molar-refractivity contribution is 5.93. The maximum absolute atomic E-state index is 11.7. The number of aromatic nitrogens is 3. The van der Waals surface area contributed by atoms with Gasteiger partial charge in [0.2, 0.25) is 0 Å². The molecular formula is C10H16N4O. The average Bonchev–Trinajstić information content (AvgIpc) is 2.48. The first kappa shape index (κ1) is 10.3. The molecular weight excluding hydrogens is 192 g/mol. The number of nitrogens with one attached hydrogen (secondary N) is 1. The molecule has 0 aliphatic carbocycles. The molecule has 0 bridgehead atoms. The van der Waals surface area contributed by atoms with Crippen molar-refractivity contribution in [3.63, 3.8) is 0 Å². The molecule has 1 aromatic rings. The van der Waals surface area contributed by atoms with Crippen LogP contribution >= 0.6 is 0 Å². The summed E-state index contributed by atoms with van der Waals surface area (Å²) in [6.45, 7) is 5.89. The third kappa shape index (κ3) is 2.23. The van der Waals surface area contributed by atoms with Gasteiger partial charge in [-0.2, -0.15) is 0 Å². The van der Waals surface area contributed by atoms with E-state index in [9.17, 15) is 4.79 Å². The molecule has 1 saturated heterocycles. The molecule has 5 nitrogen and oxygen atoms in total. The molecule has 15 heavy (non-hydrogen) atoms. The number of Topliss-reactive ketones (excluding diaryl/α,β-unsaturated/α-hetero) is 1. The molecule has 1 fully saturated rings. The first-order valence-electron chi connectivity index (χ1n) is 5.32. The number of carbonyl (C=O) groups excluding carboxylic acids is 1. The Bertz CT molecular complexity index is 354. The van der Waals surface area contributed by atoms with Crippen LogP contribution in [0.3, 0.4) is 0 Å². The second-order valence-corrected chi connectivity index (χ2v) is 4.42. The summed E-state index contributed by atoms with van der Waals surface area (Å²) in [5.41, 5.74) is 0.496. The number of hydrogen-bond acceptors (Lipinski definition) is 4. The van der Waals surface area contributed by atoms with E-state index in [1.807, 2.05) is 13.8 Å². The number of rotatable bonds is 4. The van der Waals surface area contributed by atoms with Gasteiger partial charge < -0.3 is 5.32 Å². The largest absolute Gasteiger partial charge is 0.312 e. The lowest BCUT2D eigenvalue weighted by Gasteiger charge is -2.26. The van der Waals surface area contributed by atoms with Gasteiger partial charge in [-0.3, -0.25) is 4.79 Å². The van der Waals surface area contributed by atoms with Crippen LogP contribution < -0.4 is 5.32 Å². The highest BCUT2D eigenvalue weighted by Crippen LogP contribution is 2.12. The molecule has 82 valence electrons. The van der Waals surface area contributed by atoms with Crippen LogP contribution in [0.4, 0.5) is 0 Å².